The summed E-state index contributed by atoms with van der Waals surface area (Å²) in [5, 5.41) is 0. The quantitative estimate of drug-likeness (QED) is 0.483. The molecule has 1 aliphatic carbocycles. The van der Waals surface area contributed by atoms with Crippen molar-refractivity contribution in [3.8, 4) is 0 Å². The van der Waals surface area contributed by atoms with E-state index in [1.54, 1.807) is 0 Å². The second kappa shape index (κ2) is 10.8. The molecular weight excluding hydrogens is 316 g/mol. The lowest BCUT2D eigenvalue weighted by Gasteiger charge is -2.41. The van der Waals surface area contributed by atoms with Crippen LogP contribution < -0.4 is 0 Å². The Labute approximate surface area is 159 Å². The van der Waals surface area contributed by atoms with Crippen LogP contribution in [0.15, 0.2) is 90.6 Å². The summed E-state index contributed by atoms with van der Waals surface area (Å²) in [5.74, 6) is 0.401. The Morgan fingerprint density at radius 3 is 2.69 bits per heavy atom. The molecule has 138 valence electrons. The molecule has 2 unspecified atom stereocenters. The number of hydrogen-bond acceptors (Lipinski definition) is 1. The van der Waals surface area contributed by atoms with Crippen LogP contribution in [-0.4, -0.2) is 13.2 Å². The van der Waals surface area contributed by atoms with Crippen molar-refractivity contribution in [2.45, 2.75) is 39.0 Å². The van der Waals surface area contributed by atoms with Crippen molar-refractivity contribution in [3.05, 3.63) is 96.2 Å². The van der Waals surface area contributed by atoms with Crippen LogP contribution in [0.2, 0.25) is 0 Å². The monoisotopic (exact) mass is 348 g/mol. The van der Waals surface area contributed by atoms with E-state index in [0.29, 0.717) is 12.5 Å². The average molecular weight is 349 g/mol. The van der Waals surface area contributed by atoms with Crippen LogP contribution >= 0.6 is 0 Å². The summed E-state index contributed by atoms with van der Waals surface area (Å²) in [6, 6.07) is 10.9. The molecule has 0 aliphatic heterocycles. The zero-order chi connectivity index (χ0) is 18.7. The standard InChI is InChI=1S/C25H32O/c1-4-6-7-11-16-22(3)25(21-26-5-2,24-19-14-10-15-20-24)23-17-12-8-9-13-18-23/h4,6-12,14-17,19-20,23H,5,13,18,21H2,1-3H3/b6-4-,11-7-,22-16+. The smallest absolute Gasteiger partial charge is 0.0606 e. The summed E-state index contributed by atoms with van der Waals surface area (Å²) >= 11 is 0. The summed E-state index contributed by atoms with van der Waals surface area (Å²) < 4.78 is 6.06. The lowest BCUT2D eigenvalue weighted by molar-refractivity contribution is 0.0863. The van der Waals surface area contributed by atoms with Crippen LogP contribution in [0.4, 0.5) is 0 Å². The van der Waals surface area contributed by atoms with E-state index in [1.165, 1.54) is 11.1 Å². The lowest BCUT2D eigenvalue weighted by Crippen LogP contribution is -2.40. The van der Waals surface area contributed by atoms with E-state index in [2.05, 4.69) is 92.8 Å². The largest absolute Gasteiger partial charge is 0.380 e. The number of hydrogen-bond donors (Lipinski definition) is 0. The van der Waals surface area contributed by atoms with Crippen molar-refractivity contribution in [1.29, 1.82) is 0 Å². The van der Waals surface area contributed by atoms with Crippen molar-refractivity contribution in [1.82, 2.24) is 0 Å². The van der Waals surface area contributed by atoms with Gasteiger partial charge in [0, 0.05) is 12.0 Å². The molecule has 1 nitrogen and oxygen atoms in total. The van der Waals surface area contributed by atoms with Crippen molar-refractivity contribution in [2.75, 3.05) is 13.2 Å². The van der Waals surface area contributed by atoms with Crippen molar-refractivity contribution < 1.29 is 4.74 Å². The number of ether oxygens (including phenoxy) is 1. The maximum absolute atomic E-state index is 6.06. The van der Waals surface area contributed by atoms with Crippen LogP contribution in [0.1, 0.15) is 39.2 Å². The van der Waals surface area contributed by atoms with Gasteiger partial charge in [0.25, 0.3) is 0 Å². The van der Waals surface area contributed by atoms with Gasteiger partial charge >= 0.3 is 0 Å². The third-order valence-electron chi connectivity index (χ3n) is 5.16. The molecule has 1 aromatic rings. The van der Waals surface area contributed by atoms with Gasteiger partial charge in [-0.3, -0.25) is 0 Å². The molecule has 1 heteroatoms. The van der Waals surface area contributed by atoms with Gasteiger partial charge in [-0.1, -0.05) is 90.6 Å². The molecule has 0 spiro atoms. The summed E-state index contributed by atoms with van der Waals surface area (Å²) in [4.78, 5) is 0. The van der Waals surface area contributed by atoms with Gasteiger partial charge in [0.1, 0.15) is 0 Å². The SMILES string of the molecule is C\C=C/C=C\C=C(/C)C(COCC)(c1ccccc1)C1C=CC=CCC1. The zero-order valence-electron chi connectivity index (χ0n) is 16.4. The van der Waals surface area contributed by atoms with E-state index in [0.717, 1.165) is 19.4 Å². The third kappa shape index (κ3) is 4.95. The minimum Gasteiger partial charge on any atom is -0.380 e. The summed E-state index contributed by atoms with van der Waals surface area (Å²) in [5.41, 5.74) is 2.52. The minimum atomic E-state index is -0.153. The Bertz CT molecular complexity index is 675. The zero-order valence-corrected chi connectivity index (χ0v) is 16.4. The molecule has 26 heavy (non-hydrogen) atoms. The summed E-state index contributed by atoms with van der Waals surface area (Å²) in [6.45, 7) is 7.78. The molecule has 0 saturated heterocycles. The predicted octanol–water partition coefficient (Wildman–Crippen LogP) is 6.56. The molecule has 0 radical (unpaired) electrons. The van der Waals surface area contributed by atoms with Gasteiger partial charge in [0.2, 0.25) is 0 Å². The molecule has 2 atom stereocenters. The number of rotatable bonds is 8. The topological polar surface area (TPSA) is 9.23 Å². The highest BCUT2D eigenvalue weighted by Crippen LogP contribution is 2.43. The van der Waals surface area contributed by atoms with E-state index in [-0.39, 0.29) is 5.41 Å². The molecule has 0 fully saturated rings. The summed E-state index contributed by atoms with van der Waals surface area (Å²) in [7, 11) is 0. The van der Waals surface area contributed by atoms with Crippen molar-refractivity contribution in [3.63, 3.8) is 0 Å². The Morgan fingerprint density at radius 2 is 1.96 bits per heavy atom. The third-order valence-corrected chi connectivity index (χ3v) is 5.16. The second-order valence-corrected chi connectivity index (χ2v) is 6.73. The van der Waals surface area contributed by atoms with Gasteiger partial charge in [-0.05, 0) is 45.1 Å². The van der Waals surface area contributed by atoms with E-state index in [1.807, 2.05) is 13.0 Å². The first-order valence-corrected chi connectivity index (χ1v) is 9.69. The molecule has 0 saturated carbocycles. The Balaban J connectivity index is 2.55. The Kier molecular flexibility index (Phi) is 8.37. The van der Waals surface area contributed by atoms with Crippen LogP contribution in [0.5, 0.6) is 0 Å². The van der Waals surface area contributed by atoms with Gasteiger partial charge in [0.15, 0.2) is 0 Å². The van der Waals surface area contributed by atoms with Crippen LogP contribution in [-0.2, 0) is 10.2 Å². The fourth-order valence-electron chi connectivity index (χ4n) is 3.72. The highest BCUT2D eigenvalue weighted by atomic mass is 16.5. The fraction of sp³-hybridized carbons (Fsp3) is 0.360. The Hall–Kier alpha value is -2.12. The maximum atomic E-state index is 6.06. The number of allylic oxidation sites excluding steroid dienone is 9. The first kappa shape index (κ1) is 20.2. The van der Waals surface area contributed by atoms with Crippen molar-refractivity contribution >= 4 is 0 Å². The van der Waals surface area contributed by atoms with Crippen LogP contribution in [0.25, 0.3) is 0 Å². The first-order chi connectivity index (χ1) is 12.8. The first-order valence-electron chi connectivity index (χ1n) is 9.69. The summed E-state index contributed by atoms with van der Waals surface area (Å²) in [6.07, 6.45) is 21.8. The fourth-order valence-corrected chi connectivity index (χ4v) is 3.72. The molecule has 0 amide bonds. The van der Waals surface area contributed by atoms with Crippen LogP contribution in [0, 0.1) is 5.92 Å². The normalized spacial score (nSPS) is 20.6. The van der Waals surface area contributed by atoms with Crippen molar-refractivity contribution in [2.24, 2.45) is 5.92 Å². The molecule has 1 aliphatic rings. The predicted molar refractivity (Wildman–Crippen MR) is 113 cm³/mol. The average Bonchev–Trinajstić information content (AvgIpc) is 2.96. The molecule has 0 heterocycles. The lowest BCUT2D eigenvalue weighted by atomic mass is 9.64. The molecule has 0 N–H and O–H groups in total. The maximum Gasteiger partial charge on any atom is 0.0606 e. The van der Waals surface area contributed by atoms with Gasteiger partial charge in [-0.2, -0.15) is 0 Å². The molecule has 1 aromatic carbocycles. The number of benzene rings is 1. The Morgan fingerprint density at radius 1 is 1.15 bits per heavy atom. The highest BCUT2D eigenvalue weighted by molar-refractivity contribution is 5.41. The van der Waals surface area contributed by atoms with Gasteiger partial charge in [-0.25, -0.2) is 0 Å². The van der Waals surface area contributed by atoms with Gasteiger partial charge in [0.05, 0.1) is 6.61 Å². The van der Waals surface area contributed by atoms with E-state index < -0.39 is 0 Å². The van der Waals surface area contributed by atoms with E-state index >= 15 is 0 Å². The molecular formula is C25H32O. The second-order valence-electron chi connectivity index (χ2n) is 6.73. The van der Waals surface area contributed by atoms with E-state index in [9.17, 15) is 0 Å². The molecule has 2 rings (SSSR count). The van der Waals surface area contributed by atoms with Crippen LogP contribution in [0.3, 0.4) is 0 Å². The van der Waals surface area contributed by atoms with E-state index in [4.69, 9.17) is 4.74 Å². The van der Waals surface area contributed by atoms with Gasteiger partial charge in [-0.15, -0.1) is 0 Å². The molecule has 0 aromatic heterocycles. The minimum absolute atomic E-state index is 0.153. The van der Waals surface area contributed by atoms with Gasteiger partial charge < -0.3 is 4.74 Å². The molecule has 0 bridgehead atoms. The highest BCUT2D eigenvalue weighted by Gasteiger charge is 2.40.